The van der Waals surface area contributed by atoms with Crippen molar-refractivity contribution < 1.29 is 14.3 Å². The van der Waals surface area contributed by atoms with E-state index in [1.165, 1.54) is 25.7 Å². The van der Waals surface area contributed by atoms with Crippen molar-refractivity contribution in [1.82, 2.24) is 15.2 Å². The lowest BCUT2D eigenvalue weighted by Crippen LogP contribution is -2.35. The Labute approximate surface area is 195 Å². The number of carbonyl (C=O) groups is 1. The van der Waals surface area contributed by atoms with Crippen LogP contribution in [0.1, 0.15) is 36.0 Å². The standard InChI is InChI=1S/C26H32N4O3/c1-32-19-11-12-23(24(17-19)33-2)29-25-18-21(20-9-5-6-10-22(20)28-25)26(31)27-13-16-30-14-7-3-4-8-15-30/h5-6,9-12,17-18H,3-4,7-8,13-16H2,1-2H3,(H,27,31)(H,28,29). The number of benzene rings is 2. The van der Waals surface area contributed by atoms with Crippen LogP contribution in [0.4, 0.5) is 11.5 Å². The second-order valence-electron chi connectivity index (χ2n) is 8.28. The number of nitrogens with zero attached hydrogens (tertiary/aromatic N) is 2. The average molecular weight is 449 g/mol. The Kier molecular flexibility index (Phi) is 7.62. The maximum atomic E-state index is 13.2. The van der Waals surface area contributed by atoms with Crippen molar-refractivity contribution in [1.29, 1.82) is 0 Å². The number of ether oxygens (including phenoxy) is 2. The number of nitrogens with one attached hydrogen (secondary N) is 2. The minimum atomic E-state index is -0.0897. The van der Waals surface area contributed by atoms with Gasteiger partial charge in [0.15, 0.2) is 0 Å². The van der Waals surface area contributed by atoms with E-state index < -0.39 is 0 Å². The number of pyridine rings is 1. The summed E-state index contributed by atoms with van der Waals surface area (Å²) in [4.78, 5) is 20.3. The number of methoxy groups -OCH3 is 2. The number of likely N-dealkylation sites (tertiary alicyclic amines) is 1. The van der Waals surface area contributed by atoms with Gasteiger partial charge in [0, 0.05) is 24.5 Å². The molecule has 0 bridgehead atoms. The summed E-state index contributed by atoms with van der Waals surface area (Å²) < 4.78 is 10.8. The molecular formula is C26H32N4O3. The first-order chi connectivity index (χ1) is 16.2. The van der Waals surface area contributed by atoms with E-state index in [0.717, 1.165) is 36.2 Å². The summed E-state index contributed by atoms with van der Waals surface area (Å²) in [5.41, 5.74) is 2.10. The van der Waals surface area contributed by atoms with Crippen molar-refractivity contribution in [2.24, 2.45) is 0 Å². The predicted octanol–water partition coefficient (Wildman–Crippen LogP) is 4.60. The van der Waals surface area contributed by atoms with Crippen LogP contribution < -0.4 is 20.1 Å². The van der Waals surface area contributed by atoms with Crippen LogP contribution in [0, 0.1) is 0 Å². The van der Waals surface area contributed by atoms with Gasteiger partial charge in [0.05, 0.1) is 31.0 Å². The van der Waals surface area contributed by atoms with Gasteiger partial charge in [-0.05, 0) is 50.2 Å². The van der Waals surface area contributed by atoms with Crippen molar-refractivity contribution in [3.05, 3.63) is 54.1 Å². The van der Waals surface area contributed by atoms with Gasteiger partial charge in [-0.15, -0.1) is 0 Å². The molecule has 0 spiro atoms. The quantitative estimate of drug-likeness (QED) is 0.525. The van der Waals surface area contributed by atoms with Crippen molar-refractivity contribution in [2.45, 2.75) is 25.7 Å². The van der Waals surface area contributed by atoms with E-state index in [0.29, 0.717) is 29.4 Å². The van der Waals surface area contributed by atoms with Gasteiger partial charge in [-0.2, -0.15) is 0 Å². The average Bonchev–Trinajstić information content (AvgIpc) is 3.12. The molecule has 7 nitrogen and oxygen atoms in total. The van der Waals surface area contributed by atoms with E-state index in [1.54, 1.807) is 26.4 Å². The van der Waals surface area contributed by atoms with Crippen molar-refractivity contribution in [3.63, 3.8) is 0 Å². The van der Waals surface area contributed by atoms with Crippen molar-refractivity contribution in [2.75, 3.05) is 45.7 Å². The van der Waals surface area contributed by atoms with E-state index in [4.69, 9.17) is 14.5 Å². The zero-order valence-electron chi connectivity index (χ0n) is 19.4. The fourth-order valence-electron chi connectivity index (χ4n) is 4.25. The molecule has 1 amide bonds. The second kappa shape index (κ2) is 11.0. The maximum absolute atomic E-state index is 13.2. The summed E-state index contributed by atoms with van der Waals surface area (Å²) >= 11 is 0. The third kappa shape index (κ3) is 5.73. The van der Waals surface area contributed by atoms with Gasteiger partial charge in [0.2, 0.25) is 0 Å². The van der Waals surface area contributed by atoms with Gasteiger partial charge in [0.1, 0.15) is 17.3 Å². The molecule has 3 aromatic rings. The Balaban J connectivity index is 1.53. The summed E-state index contributed by atoms with van der Waals surface area (Å²) in [6.45, 7) is 3.74. The lowest BCUT2D eigenvalue weighted by molar-refractivity contribution is 0.0950. The highest BCUT2D eigenvalue weighted by molar-refractivity contribution is 6.07. The van der Waals surface area contributed by atoms with Crippen LogP contribution in [-0.4, -0.2) is 56.2 Å². The Morgan fingerprint density at radius 2 is 1.79 bits per heavy atom. The monoisotopic (exact) mass is 448 g/mol. The molecule has 0 saturated carbocycles. The normalized spacial score (nSPS) is 14.5. The first-order valence-corrected chi connectivity index (χ1v) is 11.6. The number of para-hydroxylation sites is 1. The minimum Gasteiger partial charge on any atom is -0.497 e. The molecule has 1 aromatic heterocycles. The summed E-state index contributed by atoms with van der Waals surface area (Å²) in [7, 11) is 3.22. The predicted molar refractivity (Wildman–Crippen MR) is 132 cm³/mol. The summed E-state index contributed by atoms with van der Waals surface area (Å²) in [6, 6.07) is 15.0. The van der Waals surface area contributed by atoms with Crippen molar-refractivity contribution in [3.8, 4) is 11.5 Å². The van der Waals surface area contributed by atoms with Gasteiger partial charge in [-0.1, -0.05) is 31.0 Å². The van der Waals surface area contributed by atoms with E-state index in [-0.39, 0.29) is 5.91 Å². The molecule has 0 radical (unpaired) electrons. The fraction of sp³-hybridized carbons (Fsp3) is 0.385. The number of rotatable bonds is 8. The van der Waals surface area contributed by atoms with Gasteiger partial charge in [-0.25, -0.2) is 4.98 Å². The summed E-state index contributed by atoms with van der Waals surface area (Å²) in [5.74, 6) is 1.82. The number of hydrogen-bond donors (Lipinski definition) is 2. The topological polar surface area (TPSA) is 75.7 Å². The lowest BCUT2D eigenvalue weighted by Gasteiger charge is -2.20. The molecule has 0 unspecified atom stereocenters. The highest BCUT2D eigenvalue weighted by Gasteiger charge is 2.15. The third-order valence-electron chi connectivity index (χ3n) is 6.04. The van der Waals surface area contributed by atoms with E-state index >= 15 is 0 Å². The second-order valence-corrected chi connectivity index (χ2v) is 8.28. The van der Waals surface area contributed by atoms with E-state index in [2.05, 4.69) is 15.5 Å². The van der Waals surface area contributed by atoms with E-state index in [9.17, 15) is 4.79 Å². The molecule has 1 fully saturated rings. The molecule has 2 N–H and O–H groups in total. The van der Waals surface area contributed by atoms with Crippen LogP contribution in [0.25, 0.3) is 10.9 Å². The highest BCUT2D eigenvalue weighted by Crippen LogP contribution is 2.32. The summed E-state index contributed by atoms with van der Waals surface area (Å²) in [6.07, 6.45) is 5.10. The Morgan fingerprint density at radius 1 is 1.00 bits per heavy atom. The number of anilines is 2. The van der Waals surface area contributed by atoms with Crippen LogP contribution in [0.15, 0.2) is 48.5 Å². The molecule has 2 aromatic carbocycles. The maximum Gasteiger partial charge on any atom is 0.252 e. The molecule has 33 heavy (non-hydrogen) atoms. The Morgan fingerprint density at radius 3 is 2.55 bits per heavy atom. The van der Waals surface area contributed by atoms with Crippen LogP contribution in [0.3, 0.4) is 0 Å². The van der Waals surface area contributed by atoms with Gasteiger partial charge < -0.3 is 25.0 Å². The number of amides is 1. The molecule has 1 saturated heterocycles. The van der Waals surface area contributed by atoms with Crippen LogP contribution in [-0.2, 0) is 0 Å². The Hall–Kier alpha value is -3.32. The SMILES string of the molecule is COc1ccc(Nc2cc(C(=O)NCCN3CCCCCC3)c3ccccc3n2)c(OC)c1. The van der Waals surface area contributed by atoms with Gasteiger partial charge >= 0.3 is 0 Å². The molecule has 0 aliphatic carbocycles. The fourth-order valence-corrected chi connectivity index (χ4v) is 4.25. The number of hydrogen-bond acceptors (Lipinski definition) is 6. The lowest BCUT2D eigenvalue weighted by atomic mass is 10.1. The number of fused-ring (bicyclic) bond motifs is 1. The Bertz CT molecular complexity index is 1090. The molecule has 174 valence electrons. The smallest absolute Gasteiger partial charge is 0.252 e. The van der Waals surface area contributed by atoms with E-state index in [1.807, 2.05) is 36.4 Å². The summed E-state index contributed by atoms with van der Waals surface area (Å²) in [5, 5.41) is 7.24. The zero-order valence-corrected chi connectivity index (χ0v) is 19.4. The highest BCUT2D eigenvalue weighted by atomic mass is 16.5. The molecule has 0 atom stereocenters. The minimum absolute atomic E-state index is 0.0897. The largest absolute Gasteiger partial charge is 0.497 e. The molecule has 2 heterocycles. The molecule has 7 heteroatoms. The van der Waals surface area contributed by atoms with Crippen molar-refractivity contribution >= 4 is 28.3 Å². The van der Waals surface area contributed by atoms with Crippen LogP contribution >= 0.6 is 0 Å². The van der Waals surface area contributed by atoms with Crippen LogP contribution in [0.5, 0.6) is 11.5 Å². The number of carbonyl (C=O) groups excluding carboxylic acids is 1. The molecular weight excluding hydrogens is 416 g/mol. The first kappa shape index (κ1) is 22.9. The number of aromatic nitrogens is 1. The molecule has 1 aliphatic heterocycles. The first-order valence-electron chi connectivity index (χ1n) is 11.6. The zero-order chi connectivity index (χ0) is 23.0. The van der Waals surface area contributed by atoms with Gasteiger partial charge in [-0.3, -0.25) is 4.79 Å². The van der Waals surface area contributed by atoms with Crippen LogP contribution in [0.2, 0.25) is 0 Å². The molecule has 4 rings (SSSR count). The van der Waals surface area contributed by atoms with Gasteiger partial charge in [0.25, 0.3) is 5.91 Å². The molecule has 1 aliphatic rings. The third-order valence-corrected chi connectivity index (χ3v) is 6.04.